The van der Waals surface area contributed by atoms with Crippen molar-refractivity contribution in [1.29, 1.82) is 0 Å². The molecule has 0 aliphatic rings. The van der Waals surface area contributed by atoms with Gasteiger partial charge in [0.05, 0.1) is 6.54 Å². The predicted molar refractivity (Wildman–Crippen MR) is 66.0 cm³/mol. The Balaban J connectivity index is 2.01. The molecule has 0 aromatic carbocycles. The Morgan fingerprint density at radius 3 is 3.00 bits per heavy atom. The van der Waals surface area contributed by atoms with Crippen molar-refractivity contribution < 1.29 is 4.79 Å². The van der Waals surface area contributed by atoms with Crippen molar-refractivity contribution in [1.82, 2.24) is 25.1 Å². The average molecular weight is 246 g/mol. The maximum Gasteiger partial charge on any atom is 0.270 e. The summed E-state index contributed by atoms with van der Waals surface area (Å²) in [6.45, 7) is 0.320. The van der Waals surface area contributed by atoms with E-state index in [1.165, 1.54) is 0 Å². The summed E-state index contributed by atoms with van der Waals surface area (Å²) in [7, 11) is 3.61. The molecule has 1 amide bonds. The van der Waals surface area contributed by atoms with Crippen LogP contribution in [0.25, 0.3) is 0 Å². The second-order valence-corrected chi connectivity index (χ2v) is 3.72. The van der Waals surface area contributed by atoms with Gasteiger partial charge < -0.3 is 15.2 Å². The molecule has 0 radical (unpaired) electrons. The molecule has 7 nitrogen and oxygen atoms in total. The van der Waals surface area contributed by atoms with E-state index in [1.54, 1.807) is 36.3 Å². The molecule has 0 atom stereocenters. The molecule has 0 spiro atoms. The maximum absolute atomic E-state index is 11.9. The van der Waals surface area contributed by atoms with Gasteiger partial charge >= 0.3 is 0 Å². The van der Waals surface area contributed by atoms with E-state index in [0.717, 1.165) is 5.69 Å². The van der Waals surface area contributed by atoms with E-state index >= 15 is 0 Å². The topological polar surface area (TPSA) is 84.7 Å². The molecule has 0 aliphatic carbocycles. The molecule has 2 aromatic rings. The molecule has 0 saturated carbocycles. The molecular formula is C11H14N6O. The Bertz CT molecular complexity index is 550. The summed E-state index contributed by atoms with van der Waals surface area (Å²) < 4.78 is 1.75. The van der Waals surface area contributed by atoms with E-state index in [-0.39, 0.29) is 5.91 Å². The Morgan fingerprint density at radius 1 is 1.50 bits per heavy atom. The summed E-state index contributed by atoms with van der Waals surface area (Å²) in [5.41, 5.74) is 1.21. The summed E-state index contributed by atoms with van der Waals surface area (Å²) in [5, 5.41) is 13.3. The highest BCUT2D eigenvalue weighted by Crippen LogP contribution is 2.06. The monoisotopic (exact) mass is 246 g/mol. The lowest BCUT2D eigenvalue weighted by Crippen LogP contribution is -2.25. The van der Waals surface area contributed by atoms with Gasteiger partial charge in [-0.15, -0.1) is 10.2 Å². The largest absolute Gasteiger partial charge is 0.388 e. The molecule has 94 valence electrons. The fourth-order valence-corrected chi connectivity index (χ4v) is 1.43. The van der Waals surface area contributed by atoms with Crippen molar-refractivity contribution in [2.45, 2.75) is 6.54 Å². The number of nitrogens with zero attached hydrogens (tertiary/aromatic N) is 4. The van der Waals surface area contributed by atoms with Gasteiger partial charge in [0.2, 0.25) is 0 Å². The van der Waals surface area contributed by atoms with Gasteiger partial charge in [-0.1, -0.05) is 0 Å². The van der Waals surface area contributed by atoms with Crippen LogP contribution >= 0.6 is 0 Å². The first kappa shape index (κ1) is 12.0. The number of nitrogens with one attached hydrogen (secondary N) is 2. The number of amides is 1. The highest BCUT2D eigenvalue weighted by Gasteiger charge is 2.09. The number of hydrogen-bond acceptors (Lipinski definition) is 5. The first-order valence-corrected chi connectivity index (χ1v) is 5.45. The number of aromatic nitrogens is 4. The van der Waals surface area contributed by atoms with E-state index in [4.69, 9.17) is 0 Å². The highest BCUT2D eigenvalue weighted by molar-refractivity contribution is 5.92. The second-order valence-electron chi connectivity index (χ2n) is 3.72. The van der Waals surface area contributed by atoms with Crippen LogP contribution in [0, 0.1) is 0 Å². The van der Waals surface area contributed by atoms with Crippen LogP contribution in [-0.4, -0.2) is 32.7 Å². The van der Waals surface area contributed by atoms with Crippen LogP contribution in [0.15, 0.2) is 24.7 Å². The Labute approximate surface area is 104 Å². The molecule has 2 rings (SSSR count). The van der Waals surface area contributed by atoms with Crippen LogP contribution < -0.4 is 10.6 Å². The normalized spacial score (nSPS) is 10.1. The second kappa shape index (κ2) is 5.26. The Kier molecular flexibility index (Phi) is 3.52. The molecule has 0 bridgehead atoms. The van der Waals surface area contributed by atoms with Gasteiger partial charge in [0.1, 0.15) is 12.0 Å². The van der Waals surface area contributed by atoms with E-state index in [9.17, 15) is 4.79 Å². The molecule has 18 heavy (non-hydrogen) atoms. The maximum atomic E-state index is 11.9. The van der Waals surface area contributed by atoms with Crippen molar-refractivity contribution >= 4 is 11.6 Å². The minimum absolute atomic E-state index is 0.241. The van der Waals surface area contributed by atoms with Crippen molar-refractivity contribution in [3.63, 3.8) is 0 Å². The summed E-state index contributed by atoms with van der Waals surface area (Å²) in [4.78, 5) is 15.9. The number of pyridine rings is 1. The van der Waals surface area contributed by atoms with Gasteiger partial charge in [0, 0.05) is 26.0 Å². The van der Waals surface area contributed by atoms with E-state index in [2.05, 4.69) is 25.8 Å². The van der Waals surface area contributed by atoms with Gasteiger partial charge in [-0.3, -0.25) is 9.78 Å². The van der Waals surface area contributed by atoms with Gasteiger partial charge in [0.15, 0.2) is 5.82 Å². The zero-order valence-corrected chi connectivity index (χ0v) is 10.2. The van der Waals surface area contributed by atoms with Crippen molar-refractivity contribution in [3.05, 3.63) is 36.2 Å². The highest BCUT2D eigenvalue weighted by atomic mass is 16.1. The van der Waals surface area contributed by atoms with E-state index in [1.807, 2.05) is 7.05 Å². The molecular weight excluding hydrogens is 232 g/mol. The van der Waals surface area contributed by atoms with Crippen LogP contribution in [0.5, 0.6) is 0 Å². The zero-order chi connectivity index (χ0) is 13.0. The third kappa shape index (κ3) is 2.62. The van der Waals surface area contributed by atoms with Crippen LogP contribution in [0.4, 0.5) is 5.69 Å². The van der Waals surface area contributed by atoms with Crippen molar-refractivity contribution in [3.8, 4) is 0 Å². The number of hydrogen-bond donors (Lipinski definition) is 2. The summed E-state index contributed by atoms with van der Waals surface area (Å²) in [5.74, 6) is 0.447. The molecule has 0 unspecified atom stereocenters. The lowest BCUT2D eigenvalue weighted by molar-refractivity contribution is 0.0944. The molecule has 0 saturated heterocycles. The molecule has 0 aliphatic heterocycles. The van der Waals surface area contributed by atoms with E-state index < -0.39 is 0 Å². The van der Waals surface area contributed by atoms with Crippen molar-refractivity contribution in [2.24, 2.45) is 7.05 Å². The number of aryl methyl sites for hydroxylation is 1. The molecule has 2 aromatic heterocycles. The summed E-state index contributed by atoms with van der Waals surface area (Å²) in [6, 6.07) is 3.48. The zero-order valence-electron chi connectivity index (χ0n) is 10.2. The lowest BCUT2D eigenvalue weighted by Gasteiger charge is -2.05. The Morgan fingerprint density at radius 2 is 2.33 bits per heavy atom. The van der Waals surface area contributed by atoms with Crippen molar-refractivity contribution in [2.75, 3.05) is 12.4 Å². The fraction of sp³-hybridized carbons (Fsp3) is 0.273. The fourth-order valence-electron chi connectivity index (χ4n) is 1.43. The van der Waals surface area contributed by atoms with Crippen LogP contribution in [-0.2, 0) is 13.6 Å². The molecule has 7 heteroatoms. The molecule has 0 fully saturated rings. The number of carbonyl (C=O) groups excluding carboxylic acids is 1. The quantitative estimate of drug-likeness (QED) is 0.804. The third-order valence-corrected chi connectivity index (χ3v) is 2.49. The first-order chi connectivity index (χ1) is 8.70. The smallest absolute Gasteiger partial charge is 0.270 e. The summed E-state index contributed by atoms with van der Waals surface area (Å²) >= 11 is 0. The van der Waals surface area contributed by atoms with Gasteiger partial charge in [0.25, 0.3) is 5.91 Å². The van der Waals surface area contributed by atoms with Crippen LogP contribution in [0.3, 0.4) is 0 Å². The minimum atomic E-state index is -0.241. The average Bonchev–Trinajstić information content (AvgIpc) is 2.81. The molecule has 2 heterocycles. The van der Waals surface area contributed by atoms with E-state index in [0.29, 0.717) is 18.1 Å². The molecule has 2 N–H and O–H groups in total. The Hall–Kier alpha value is -2.44. The first-order valence-electron chi connectivity index (χ1n) is 5.45. The lowest BCUT2D eigenvalue weighted by atomic mass is 10.3. The SMILES string of the molecule is CNc1ccnc(C(=O)NCc2nncn2C)c1. The van der Waals surface area contributed by atoms with Crippen LogP contribution in [0.2, 0.25) is 0 Å². The standard InChI is InChI=1S/C11H14N6O/c1-12-8-3-4-13-9(5-8)11(18)14-6-10-16-15-7-17(10)2/h3-5,7H,6H2,1-2H3,(H,12,13)(H,14,18). The number of rotatable bonds is 4. The minimum Gasteiger partial charge on any atom is -0.388 e. The van der Waals surface area contributed by atoms with Gasteiger partial charge in [-0.05, 0) is 12.1 Å². The number of anilines is 1. The van der Waals surface area contributed by atoms with Gasteiger partial charge in [-0.25, -0.2) is 0 Å². The van der Waals surface area contributed by atoms with Gasteiger partial charge in [-0.2, -0.15) is 0 Å². The van der Waals surface area contributed by atoms with Crippen LogP contribution in [0.1, 0.15) is 16.3 Å². The summed E-state index contributed by atoms with van der Waals surface area (Å²) in [6.07, 6.45) is 3.17. The third-order valence-electron chi connectivity index (χ3n) is 2.49. The number of carbonyl (C=O) groups is 1. The predicted octanol–water partition coefficient (Wildman–Crippen LogP) is 0.182.